The SMILES string of the molecule is CC(=NNC(=O)c1ccc(N(C)C)cc1)c1ccccn1. The van der Waals surface area contributed by atoms with Crippen LogP contribution in [0.2, 0.25) is 0 Å². The highest BCUT2D eigenvalue weighted by atomic mass is 16.2. The zero-order chi connectivity index (χ0) is 15.2. The molecule has 0 aliphatic heterocycles. The van der Waals surface area contributed by atoms with E-state index in [0.717, 1.165) is 11.4 Å². The lowest BCUT2D eigenvalue weighted by Crippen LogP contribution is -2.19. The summed E-state index contributed by atoms with van der Waals surface area (Å²) >= 11 is 0. The summed E-state index contributed by atoms with van der Waals surface area (Å²) in [4.78, 5) is 18.2. The van der Waals surface area contributed by atoms with E-state index in [4.69, 9.17) is 0 Å². The van der Waals surface area contributed by atoms with Crippen LogP contribution in [0.5, 0.6) is 0 Å². The molecule has 0 fully saturated rings. The zero-order valence-electron chi connectivity index (χ0n) is 12.4. The van der Waals surface area contributed by atoms with E-state index in [1.165, 1.54) is 0 Å². The van der Waals surface area contributed by atoms with Crippen LogP contribution >= 0.6 is 0 Å². The summed E-state index contributed by atoms with van der Waals surface area (Å²) in [7, 11) is 3.91. The van der Waals surface area contributed by atoms with E-state index in [1.807, 2.05) is 49.3 Å². The lowest BCUT2D eigenvalue weighted by Gasteiger charge is -2.12. The Hall–Kier alpha value is -2.69. The van der Waals surface area contributed by atoms with Gasteiger partial charge in [-0.15, -0.1) is 0 Å². The summed E-state index contributed by atoms with van der Waals surface area (Å²) in [5.74, 6) is -0.240. The van der Waals surface area contributed by atoms with Gasteiger partial charge in [0.15, 0.2) is 0 Å². The third-order valence-electron chi connectivity index (χ3n) is 3.01. The number of nitrogens with zero attached hydrogens (tertiary/aromatic N) is 3. The Morgan fingerprint density at radius 1 is 1.14 bits per heavy atom. The van der Waals surface area contributed by atoms with Gasteiger partial charge in [0, 0.05) is 31.5 Å². The standard InChI is InChI=1S/C16H18N4O/c1-12(15-6-4-5-11-17-15)18-19-16(21)13-7-9-14(10-8-13)20(2)3/h4-11H,1-3H3,(H,19,21). The van der Waals surface area contributed by atoms with Crippen LogP contribution in [-0.4, -0.2) is 30.7 Å². The summed E-state index contributed by atoms with van der Waals surface area (Å²) in [5, 5.41) is 4.07. The van der Waals surface area contributed by atoms with Crippen molar-refractivity contribution in [3.63, 3.8) is 0 Å². The van der Waals surface area contributed by atoms with Crippen molar-refractivity contribution < 1.29 is 4.79 Å². The van der Waals surface area contributed by atoms with Gasteiger partial charge >= 0.3 is 0 Å². The smallest absolute Gasteiger partial charge is 0.271 e. The fourth-order valence-electron chi connectivity index (χ4n) is 1.74. The number of hydrazone groups is 1. The Labute approximate surface area is 124 Å². The van der Waals surface area contributed by atoms with Crippen LogP contribution < -0.4 is 10.3 Å². The number of nitrogens with one attached hydrogen (secondary N) is 1. The molecule has 0 aliphatic carbocycles. The molecule has 0 spiro atoms. The van der Waals surface area contributed by atoms with Gasteiger partial charge in [0.2, 0.25) is 0 Å². The average Bonchev–Trinajstić information content (AvgIpc) is 2.53. The molecule has 0 saturated carbocycles. The van der Waals surface area contributed by atoms with Gasteiger partial charge in [-0.1, -0.05) is 6.07 Å². The number of carbonyl (C=O) groups is 1. The molecule has 1 heterocycles. The second-order valence-electron chi connectivity index (χ2n) is 4.79. The van der Waals surface area contributed by atoms with E-state index < -0.39 is 0 Å². The average molecular weight is 282 g/mol. The summed E-state index contributed by atoms with van der Waals surface area (Å²) in [5.41, 5.74) is 5.55. The second kappa shape index (κ2) is 6.65. The third kappa shape index (κ3) is 3.89. The molecule has 1 aromatic heterocycles. The summed E-state index contributed by atoms with van der Waals surface area (Å²) in [6.45, 7) is 1.80. The molecule has 0 aliphatic rings. The van der Waals surface area contributed by atoms with E-state index in [1.54, 1.807) is 25.3 Å². The molecule has 0 radical (unpaired) electrons. The summed E-state index contributed by atoms with van der Waals surface area (Å²) in [6.07, 6.45) is 1.69. The number of aromatic nitrogens is 1. The van der Waals surface area contributed by atoms with Crippen LogP contribution in [0.4, 0.5) is 5.69 Å². The largest absolute Gasteiger partial charge is 0.378 e. The number of rotatable bonds is 4. The molecular weight excluding hydrogens is 264 g/mol. The van der Waals surface area contributed by atoms with Crippen LogP contribution in [0.1, 0.15) is 23.0 Å². The molecule has 0 bridgehead atoms. The number of hydrogen-bond acceptors (Lipinski definition) is 4. The van der Waals surface area contributed by atoms with Gasteiger partial charge in [-0.25, -0.2) is 5.43 Å². The fourth-order valence-corrected chi connectivity index (χ4v) is 1.74. The Balaban J connectivity index is 2.04. The van der Waals surface area contributed by atoms with Gasteiger partial charge in [0.25, 0.3) is 5.91 Å². The third-order valence-corrected chi connectivity index (χ3v) is 3.01. The monoisotopic (exact) mass is 282 g/mol. The topological polar surface area (TPSA) is 57.6 Å². The molecule has 0 atom stereocenters. The predicted molar refractivity (Wildman–Crippen MR) is 84.7 cm³/mol. The number of carbonyl (C=O) groups excluding carboxylic acids is 1. The molecule has 0 unspecified atom stereocenters. The summed E-state index contributed by atoms with van der Waals surface area (Å²) in [6, 6.07) is 12.9. The van der Waals surface area contributed by atoms with Gasteiger partial charge in [0.05, 0.1) is 11.4 Å². The first-order valence-electron chi connectivity index (χ1n) is 6.61. The first-order chi connectivity index (χ1) is 10.1. The van der Waals surface area contributed by atoms with Crippen molar-refractivity contribution in [2.24, 2.45) is 5.10 Å². The molecule has 1 N–H and O–H groups in total. The van der Waals surface area contributed by atoms with Crippen LogP contribution in [-0.2, 0) is 0 Å². The maximum Gasteiger partial charge on any atom is 0.271 e. The number of benzene rings is 1. The first-order valence-corrected chi connectivity index (χ1v) is 6.61. The van der Waals surface area contributed by atoms with Crippen molar-refractivity contribution in [2.45, 2.75) is 6.92 Å². The van der Waals surface area contributed by atoms with Gasteiger partial charge < -0.3 is 4.90 Å². The molecular formula is C16H18N4O. The molecule has 5 heteroatoms. The molecule has 2 rings (SSSR count). The maximum absolute atomic E-state index is 12.0. The lowest BCUT2D eigenvalue weighted by atomic mass is 10.2. The van der Waals surface area contributed by atoms with Gasteiger partial charge in [-0.05, 0) is 43.3 Å². The Bertz CT molecular complexity index is 633. The predicted octanol–water partition coefficient (Wildman–Crippen LogP) is 2.30. The van der Waals surface area contributed by atoms with Crippen molar-refractivity contribution in [1.82, 2.24) is 10.4 Å². The number of amides is 1. The van der Waals surface area contributed by atoms with Crippen molar-refractivity contribution in [3.8, 4) is 0 Å². The first kappa shape index (κ1) is 14.7. The Morgan fingerprint density at radius 3 is 2.43 bits per heavy atom. The number of anilines is 1. The highest BCUT2D eigenvalue weighted by Gasteiger charge is 2.05. The molecule has 2 aromatic rings. The fraction of sp³-hybridized carbons (Fsp3) is 0.188. The highest BCUT2D eigenvalue weighted by Crippen LogP contribution is 2.12. The molecule has 5 nitrogen and oxygen atoms in total. The van der Waals surface area contributed by atoms with E-state index in [2.05, 4.69) is 15.5 Å². The lowest BCUT2D eigenvalue weighted by molar-refractivity contribution is 0.0955. The van der Waals surface area contributed by atoms with E-state index in [0.29, 0.717) is 11.3 Å². The quantitative estimate of drug-likeness (QED) is 0.691. The van der Waals surface area contributed by atoms with Crippen molar-refractivity contribution >= 4 is 17.3 Å². The van der Waals surface area contributed by atoms with Crippen molar-refractivity contribution in [3.05, 3.63) is 59.9 Å². The molecule has 1 amide bonds. The van der Waals surface area contributed by atoms with Crippen molar-refractivity contribution in [1.29, 1.82) is 0 Å². The highest BCUT2D eigenvalue weighted by molar-refractivity contribution is 5.99. The van der Waals surface area contributed by atoms with Crippen LogP contribution in [0.3, 0.4) is 0 Å². The number of hydrogen-bond donors (Lipinski definition) is 1. The van der Waals surface area contributed by atoms with E-state index in [9.17, 15) is 4.79 Å². The summed E-state index contributed by atoms with van der Waals surface area (Å²) < 4.78 is 0. The normalized spacial score (nSPS) is 11.1. The van der Waals surface area contributed by atoms with Crippen molar-refractivity contribution in [2.75, 3.05) is 19.0 Å². The van der Waals surface area contributed by atoms with E-state index in [-0.39, 0.29) is 5.91 Å². The Kier molecular flexibility index (Phi) is 4.66. The molecule has 108 valence electrons. The van der Waals surface area contributed by atoms with Gasteiger partial charge in [-0.2, -0.15) is 5.10 Å². The van der Waals surface area contributed by atoms with E-state index >= 15 is 0 Å². The minimum Gasteiger partial charge on any atom is -0.378 e. The molecule has 0 saturated heterocycles. The number of pyridine rings is 1. The minimum absolute atomic E-state index is 0.240. The Morgan fingerprint density at radius 2 is 1.86 bits per heavy atom. The zero-order valence-corrected chi connectivity index (χ0v) is 12.4. The molecule has 1 aromatic carbocycles. The van der Waals surface area contributed by atoms with Gasteiger partial charge in [-0.3, -0.25) is 9.78 Å². The van der Waals surface area contributed by atoms with Gasteiger partial charge in [0.1, 0.15) is 0 Å². The van der Waals surface area contributed by atoms with Crippen LogP contribution in [0, 0.1) is 0 Å². The molecule has 21 heavy (non-hydrogen) atoms. The van der Waals surface area contributed by atoms with Crippen LogP contribution in [0.15, 0.2) is 53.8 Å². The minimum atomic E-state index is -0.240. The maximum atomic E-state index is 12.0. The second-order valence-corrected chi connectivity index (χ2v) is 4.79. The van der Waals surface area contributed by atoms with Crippen LogP contribution in [0.25, 0.3) is 0 Å².